The second-order valence-corrected chi connectivity index (χ2v) is 8.49. The van der Waals surface area contributed by atoms with Gasteiger partial charge in [-0.2, -0.15) is 0 Å². The van der Waals surface area contributed by atoms with Gasteiger partial charge in [-0.3, -0.25) is 9.59 Å². The smallest absolute Gasteiger partial charge is 0.228 e. The van der Waals surface area contributed by atoms with Crippen molar-refractivity contribution < 1.29 is 9.59 Å². The molecule has 1 atom stereocenters. The summed E-state index contributed by atoms with van der Waals surface area (Å²) in [5.41, 5.74) is 0.842. The van der Waals surface area contributed by atoms with Crippen LogP contribution in [-0.4, -0.2) is 52.3 Å². The molecule has 132 valence electrons. The number of carbonyl (C=O) groups is 2. The Morgan fingerprint density at radius 2 is 2.17 bits per heavy atom. The van der Waals surface area contributed by atoms with Crippen molar-refractivity contribution in [3.8, 4) is 0 Å². The fourth-order valence-electron chi connectivity index (χ4n) is 3.34. The Kier molecular flexibility index (Phi) is 5.23. The highest BCUT2D eigenvalue weighted by atomic mass is 32.1. The third-order valence-corrected chi connectivity index (χ3v) is 5.82. The quantitative estimate of drug-likeness (QED) is 0.821. The molecule has 0 bridgehead atoms. The SMILES string of the molecule is Cc1nc(CC(=O)N2CCC(=O)N(CC3CC3)[C@@H](C(C)C)C2)cs1. The molecule has 3 rings (SSSR count). The molecule has 0 unspecified atom stereocenters. The summed E-state index contributed by atoms with van der Waals surface area (Å²) in [6, 6.07) is 0.127. The third-order valence-electron chi connectivity index (χ3n) is 5.00. The minimum Gasteiger partial charge on any atom is -0.340 e. The van der Waals surface area contributed by atoms with Gasteiger partial charge in [0.2, 0.25) is 11.8 Å². The molecule has 1 saturated carbocycles. The summed E-state index contributed by atoms with van der Waals surface area (Å²) in [5, 5.41) is 2.94. The minimum absolute atomic E-state index is 0.0898. The van der Waals surface area contributed by atoms with E-state index in [0.29, 0.717) is 37.8 Å². The van der Waals surface area contributed by atoms with Gasteiger partial charge in [-0.15, -0.1) is 11.3 Å². The van der Waals surface area contributed by atoms with E-state index in [9.17, 15) is 9.59 Å². The van der Waals surface area contributed by atoms with E-state index in [4.69, 9.17) is 0 Å². The first-order valence-corrected chi connectivity index (χ1v) is 9.80. The van der Waals surface area contributed by atoms with Crippen LogP contribution in [0.2, 0.25) is 0 Å². The lowest BCUT2D eigenvalue weighted by Gasteiger charge is -2.34. The van der Waals surface area contributed by atoms with E-state index in [1.54, 1.807) is 11.3 Å². The fourth-order valence-corrected chi connectivity index (χ4v) is 3.96. The van der Waals surface area contributed by atoms with E-state index >= 15 is 0 Å². The third kappa shape index (κ3) is 4.15. The van der Waals surface area contributed by atoms with Crippen molar-refractivity contribution in [1.82, 2.24) is 14.8 Å². The maximum atomic E-state index is 12.7. The second kappa shape index (κ2) is 7.21. The molecule has 2 amide bonds. The minimum atomic E-state index is 0.0898. The van der Waals surface area contributed by atoms with Crippen molar-refractivity contribution in [3.63, 3.8) is 0 Å². The van der Waals surface area contributed by atoms with Gasteiger partial charge in [0.1, 0.15) is 0 Å². The average molecular weight is 350 g/mol. The molecule has 2 heterocycles. The van der Waals surface area contributed by atoms with Crippen LogP contribution in [0.3, 0.4) is 0 Å². The zero-order chi connectivity index (χ0) is 17.3. The van der Waals surface area contributed by atoms with Crippen molar-refractivity contribution in [2.75, 3.05) is 19.6 Å². The molecule has 1 aliphatic heterocycles. The monoisotopic (exact) mass is 349 g/mol. The lowest BCUT2D eigenvalue weighted by Crippen LogP contribution is -2.48. The summed E-state index contributed by atoms with van der Waals surface area (Å²) in [7, 11) is 0. The topological polar surface area (TPSA) is 53.5 Å². The zero-order valence-electron chi connectivity index (χ0n) is 14.8. The Hall–Kier alpha value is -1.43. The molecule has 0 radical (unpaired) electrons. The number of thiazole rings is 1. The Morgan fingerprint density at radius 3 is 2.75 bits per heavy atom. The number of aryl methyl sites for hydroxylation is 1. The lowest BCUT2D eigenvalue weighted by molar-refractivity contribution is -0.134. The first-order chi connectivity index (χ1) is 11.4. The van der Waals surface area contributed by atoms with E-state index in [-0.39, 0.29) is 17.9 Å². The highest BCUT2D eigenvalue weighted by molar-refractivity contribution is 7.09. The standard InChI is InChI=1S/C18H27N3O2S/c1-12(2)16-10-20(18(23)8-15-11-24-13(3)19-15)7-6-17(22)21(16)9-14-4-5-14/h11-12,14,16H,4-10H2,1-3H3/t16-/m1/s1. The Labute approximate surface area is 148 Å². The maximum Gasteiger partial charge on any atom is 0.228 e. The van der Waals surface area contributed by atoms with Crippen LogP contribution in [0.1, 0.15) is 43.8 Å². The first kappa shape index (κ1) is 17.4. The number of hydrogen-bond donors (Lipinski definition) is 0. The van der Waals surface area contributed by atoms with E-state index in [0.717, 1.165) is 17.2 Å². The highest BCUT2D eigenvalue weighted by Gasteiger charge is 2.36. The molecule has 2 fully saturated rings. The van der Waals surface area contributed by atoms with E-state index < -0.39 is 0 Å². The van der Waals surface area contributed by atoms with Crippen LogP contribution in [0.25, 0.3) is 0 Å². The summed E-state index contributed by atoms with van der Waals surface area (Å²) >= 11 is 1.57. The normalized spacial score (nSPS) is 22.2. The molecule has 1 aromatic heterocycles. The number of aromatic nitrogens is 1. The summed E-state index contributed by atoms with van der Waals surface area (Å²) in [6.07, 6.45) is 3.25. The van der Waals surface area contributed by atoms with Gasteiger partial charge in [0.05, 0.1) is 23.2 Å². The van der Waals surface area contributed by atoms with Gasteiger partial charge >= 0.3 is 0 Å². The maximum absolute atomic E-state index is 12.7. The molecule has 1 aromatic rings. The van der Waals surface area contributed by atoms with Crippen LogP contribution >= 0.6 is 11.3 Å². The van der Waals surface area contributed by atoms with Crippen LogP contribution in [0, 0.1) is 18.8 Å². The molecule has 24 heavy (non-hydrogen) atoms. The molecule has 0 spiro atoms. The number of nitrogens with zero attached hydrogens (tertiary/aromatic N) is 3. The van der Waals surface area contributed by atoms with Crippen LogP contribution in [0.4, 0.5) is 0 Å². The first-order valence-electron chi connectivity index (χ1n) is 8.92. The van der Waals surface area contributed by atoms with Gasteiger partial charge in [0, 0.05) is 31.4 Å². The molecular formula is C18H27N3O2S. The summed E-state index contributed by atoms with van der Waals surface area (Å²) in [5.74, 6) is 1.32. The number of rotatable bonds is 5. The summed E-state index contributed by atoms with van der Waals surface area (Å²) in [4.78, 5) is 33.6. The lowest BCUT2D eigenvalue weighted by atomic mass is 10.0. The van der Waals surface area contributed by atoms with Gasteiger partial charge in [-0.05, 0) is 31.6 Å². The van der Waals surface area contributed by atoms with Crippen LogP contribution in [-0.2, 0) is 16.0 Å². The molecule has 0 N–H and O–H groups in total. The van der Waals surface area contributed by atoms with Gasteiger partial charge in [-0.25, -0.2) is 4.98 Å². The van der Waals surface area contributed by atoms with Crippen LogP contribution < -0.4 is 0 Å². The van der Waals surface area contributed by atoms with E-state index in [1.807, 2.05) is 17.2 Å². The van der Waals surface area contributed by atoms with Gasteiger partial charge in [-0.1, -0.05) is 13.8 Å². The highest BCUT2D eigenvalue weighted by Crippen LogP contribution is 2.32. The molecular weight excluding hydrogens is 322 g/mol. The fraction of sp³-hybridized carbons (Fsp3) is 0.722. The second-order valence-electron chi connectivity index (χ2n) is 7.43. The number of carbonyl (C=O) groups excluding carboxylic acids is 2. The molecule has 5 nitrogen and oxygen atoms in total. The van der Waals surface area contributed by atoms with Gasteiger partial charge < -0.3 is 9.80 Å². The largest absolute Gasteiger partial charge is 0.340 e. The van der Waals surface area contributed by atoms with E-state index in [1.165, 1.54) is 12.8 Å². The van der Waals surface area contributed by atoms with Crippen LogP contribution in [0.15, 0.2) is 5.38 Å². The van der Waals surface area contributed by atoms with Crippen LogP contribution in [0.5, 0.6) is 0 Å². The number of amides is 2. The van der Waals surface area contributed by atoms with Crippen molar-refractivity contribution in [2.45, 2.75) is 52.5 Å². The average Bonchev–Trinajstić information content (AvgIpc) is 3.28. The van der Waals surface area contributed by atoms with Crippen molar-refractivity contribution in [3.05, 3.63) is 16.1 Å². The predicted molar refractivity (Wildman–Crippen MR) is 94.8 cm³/mol. The predicted octanol–water partition coefficient (Wildman–Crippen LogP) is 2.49. The van der Waals surface area contributed by atoms with Crippen molar-refractivity contribution in [1.29, 1.82) is 0 Å². The summed E-state index contributed by atoms with van der Waals surface area (Å²) in [6.45, 7) is 8.30. The molecule has 0 aromatic carbocycles. The Morgan fingerprint density at radius 1 is 1.42 bits per heavy atom. The van der Waals surface area contributed by atoms with Gasteiger partial charge in [0.15, 0.2) is 0 Å². The van der Waals surface area contributed by atoms with Crippen molar-refractivity contribution >= 4 is 23.2 Å². The van der Waals surface area contributed by atoms with Gasteiger partial charge in [0.25, 0.3) is 0 Å². The van der Waals surface area contributed by atoms with Crippen molar-refractivity contribution in [2.24, 2.45) is 11.8 Å². The zero-order valence-corrected chi connectivity index (χ0v) is 15.6. The Bertz CT molecular complexity index is 609. The summed E-state index contributed by atoms with van der Waals surface area (Å²) < 4.78 is 0. The molecule has 6 heteroatoms. The van der Waals surface area contributed by atoms with E-state index in [2.05, 4.69) is 23.7 Å². The molecule has 1 aliphatic carbocycles. The Balaban J connectivity index is 1.70. The molecule has 1 saturated heterocycles. The number of hydrogen-bond acceptors (Lipinski definition) is 4. The molecule has 2 aliphatic rings.